The minimum absolute atomic E-state index is 0.0848. The van der Waals surface area contributed by atoms with Crippen LogP contribution in [0.3, 0.4) is 0 Å². The second-order valence-corrected chi connectivity index (χ2v) is 4.16. The molecule has 2 rings (SSSR count). The van der Waals surface area contributed by atoms with Crippen LogP contribution in [-0.4, -0.2) is 34.7 Å². The topological polar surface area (TPSA) is 49.0 Å². The Hall–Kier alpha value is -2.36. The van der Waals surface area contributed by atoms with Crippen LogP contribution in [0, 0.1) is 0 Å². The van der Waals surface area contributed by atoms with Crippen molar-refractivity contribution in [2.45, 2.75) is 0 Å². The molecule has 0 bridgehead atoms. The fraction of sp³-hybridized carbons (Fsp3) is 0.143. The van der Waals surface area contributed by atoms with E-state index >= 15 is 0 Å². The first-order chi connectivity index (χ1) is 8.66. The predicted octanol–water partition coefficient (Wildman–Crippen LogP) is 2.33. The van der Waals surface area contributed by atoms with Crippen molar-refractivity contribution < 1.29 is 4.79 Å². The largest absolute Gasteiger partial charge is 0.383 e. The third-order valence-corrected chi connectivity index (χ3v) is 2.41. The van der Waals surface area contributed by atoms with Gasteiger partial charge in [0, 0.05) is 31.9 Å². The number of aromatic nitrogens is 2. The van der Waals surface area contributed by atoms with E-state index in [1.165, 1.54) is 6.08 Å². The number of carbonyl (C=O) groups is 1. The van der Waals surface area contributed by atoms with Crippen LogP contribution in [0.5, 0.6) is 0 Å². The van der Waals surface area contributed by atoms with Gasteiger partial charge in [0.2, 0.25) is 5.78 Å². The third-order valence-electron chi connectivity index (χ3n) is 2.41. The summed E-state index contributed by atoms with van der Waals surface area (Å²) in [4.78, 5) is 20.9. The van der Waals surface area contributed by atoms with Crippen molar-refractivity contribution in [3.8, 4) is 11.4 Å². The molecule has 0 atom stereocenters. The normalized spacial score (nSPS) is 10.8. The SMILES string of the molecule is CN(C)/C=C/C(=O)c1cnc(-c2ccccc2)[nH]1. The zero-order valence-corrected chi connectivity index (χ0v) is 10.4. The Morgan fingerprint density at radius 1 is 1.28 bits per heavy atom. The minimum atomic E-state index is -0.0848. The maximum Gasteiger partial charge on any atom is 0.205 e. The van der Waals surface area contributed by atoms with Crippen molar-refractivity contribution in [2.24, 2.45) is 0 Å². The van der Waals surface area contributed by atoms with Gasteiger partial charge in [-0.1, -0.05) is 30.3 Å². The Labute approximate surface area is 106 Å². The van der Waals surface area contributed by atoms with Gasteiger partial charge in [-0.15, -0.1) is 0 Å². The summed E-state index contributed by atoms with van der Waals surface area (Å²) in [6.45, 7) is 0. The molecule has 4 heteroatoms. The summed E-state index contributed by atoms with van der Waals surface area (Å²) in [5.41, 5.74) is 1.46. The van der Waals surface area contributed by atoms with E-state index in [1.807, 2.05) is 49.3 Å². The number of H-pyrrole nitrogens is 1. The number of ketones is 1. The molecule has 18 heavy (non-hydrogen) atoms. The van der Waals surface area contributed by atoms with Crippen molar-refractivity contribution >= 4 is 5.78 Å². The zero-order chi connectivity index (χ0) is 13.0. The zero-order valence-electron chi connectivity index (χ0n) is 10.4. The Kier molecular flexibility index (Phi) is 3.57. The highest BCUT2D eigenvalue weighted by Crippen LogP contribution is 2.14. The summed E-state index contributed by atoms with van der Waals surface area (Å²) in [6.07, 6.45) is 4.79. The van der Waals surface area contributed by atoms with E-state index < -0.39 is 0 Å². The number of nitrogens with zero attached hydrogens (tertiary/aromatic N) is 2. The van der Waals surface area contributed by atoms with Crippen LogP contribution in [0.2, 0.25) is 0 Å². The fourth-order valence-corrected chi connectivity index (χ4v) is 1.50. The lowest BCUT2D eigenvalue weighted by molar-refractivity contribution is 0.104. The summed E-state index contributed by atoms with van der Waals surface area (Å²) in [7, 11) is 3.73. The molecule has 0 unspecified atom stereocenters. The van der Waals surface area contributed by atoms with Gasteiger partial charge in [0.15, 0.2) is 0 Å². The first-order valence-corrected chi connectivity index (χ1v) is 5.66. The van der Waals surface area contributed by atoms with Gasteiger partial charge in [0.05, 0.1) is 6.20 Å². The lowest BCUT2D eigenvalue weighted by Crippen LogP contribution is -2.03. The number of allylic oxidation sites excluding steroid dienone is 1. The predicted molar refractivity (Wildman–Crippen MR) is 71.2 cm³/mol. The van der Waals surface area contributed by atoms with Crippen LogP contribution < -0.4 is 0 Å². The molecular formula is C14H15N3O. The number of nitrogens with one attached hydrogen (secondary N) is 1. The molecule has 4 nitrogen and oxygen atoms in total. The van der Waals surface area contributed by atoms with Gasteiger partial charge in [0.25, 0.3) is 0 Å². The Bertz CT molecular complexity index is 555. The Balaban J connectivity index is 2.19. The van der Waals surface area contributed by atoms with Crippen molar-refractivity contribution in [3.63, 3.8) is 0 Å². The number of carbonyl (C=O) groups excluding carboxylic acids is 1. The summed E-state index contributed by atoms with van der Waals surface area (Å²) in [5.74, 6) is 0.621. The molecule has 1 aromatic heterocycles. The van der Waals surface area contributed by atoms with E-state index in [0.717, 1.165) is 5.56 Å². The van der Waals surface area contributed by atoms with Crippen molar-refractivity contribution in [3.05, 3.63) is 54.5 Å². The number of imidazole rings is 1. The van der Waals surface area contributed by atoms with E-state index in [2.05, 4.69) is 9.97 Å². The molecule has 1 heterocycles. The second kappa shape index (κ2) is 5.31. The molecule has 1 N–H and O–H groups in total. The molecule has 92 valence electrons. The lowest BCUT2D eigenvalue weighted by Gasteiger charge is -2.01. The molecule has 0 fully saturated rings. The van der Waals surface area contributed by atoms with Gasteiger partial charge >= 0.3 is 0 Å². The number of aromatic amines is 1. The van der Waals surface area contributed by atoms with Gasteiger partial charge in [-0.2, -0.15) is 0 Å². The second-order valence-electron chi connectivity index (χ2n) is 4.16. The highest BCUT2D eigenvalue weighted by molar-refractivity contribution is 6.03. The first-order valence-electron chi connectivity index (χ1n) is 5.66. The maximum atomic E-state index is 11.8. The molecule has 0 amide bonds. The van der Waals surface area contributed by atoms with E-state index in [1.54, 1.807) is 12.4 Å². The number of hydrogen-bond donors (Lipinski definition) is 1. The minimum Gasteiger partial charge on any atom is -0.383 e. The molecular weight excluding hydrogens is 226 g/mol. The monoisotopic (exact) mass is 241 g/mol. The van der Waals surface area contributed by atoms with Crippen molar-refractivity contribution in [1.82, 2.24) is 14.9 Å². The summed E-state index contributed by atoms with van der Waals surface area (Å²) in [5, 5.41) is 0. The molecule has 0 aliphatic heterocycles. The van der Waals surface area contributed by atoms with Crippen LogP contribution in [0.4, 0.5) is 0 Å². The van der Waals surface area contributed by atoms with E-state index in [-0.39, 0.29) is 5.78 Å². The standard InChI is InChI=1S/C14H15N3O/c1-17(2)9-8-13(18)12-10-15-14(16-12)11-6-4-3-5-7-11/h3-10H,1-2H3,(H,15,16)/b9-8+. The van der Waals surface area contributed by atoms with Crippen LogP contribution in [0.1, 0.15) is 10.5 Å². The van der Waals surface area contributed by atoms with Gasteiger partial charge in [-0.05, 0) is 0 Å². The van der Waals surface area contributed by atoms with Gasteiger partial charge in [0.1, 0.15) is 11.5 Å². The molecule has 0 aliphatic carbocycles. The highest BCUT2D eigenvalue weighted by atomic mass is 16.1. The highest BCUT2D eigenvalue weighted by Gasteiger charge is 2.07. The molecule has 0 spiro atoms. The van der Waals surface area contributed by atoms with Gasteiger partial charge in [-0.3, -0.25) is 4.79 Å². The van der Waals surface area contributed by atoms with Gasteiger partial charge < -0.3 is 9.88 Å². The third kappa shape index (κ3) is 2.85. The molecule has 0 radical (unpaired) electrons. The first kappa shape index (κ1) is 12.1. The fourth-order valence-electron chi connectivity index (χ4n) is 1.50. The van der Waals surface area contributed by atoms with Crippen LogP contribution in [0.25, 0.3) is 11.4 Å². The molecule has 0 aliphatic rings. The molecule has 1 aromatic carbocycles. The Morgan fingerprint density at radius 3 is 2.67 bits per heavy atom. The number of hydrogen-bond acceptors (Lipinski definition) is 3. The van der Waals surface area contributed by atoms with E-state index in [0.29, 0.717) is 11.5 Å². The quantitative estimate of drug-likeness (QED) is 0.660. The van der Waals surface area contributed by atoms with Crippen LogP contribution >= 0.6 is 0 Å². The number of benzene rings is 1. The Morgan fingerprint density at radius 2 is 2.00 bits per heavy atom. The van der Waals surface area contributed by atoms with Crippen LogP contribution in [0.15, 0.2) is 48.8 Å². The molecule has 0 saturated carbocycles. The van der Waals surface area contributed by atoms with E-state index in [4.69, 9.17) is 0 Å². The average Bonchev–Trinajstić information content (AvgIpc) is 2.86. The maximum absolute atomic E-state index is 11.8. The number of rotatable bonds is 4. The van der Waals surface area contributed by atoms with Crippen LogP contribution in [-0.2, 0) is 0 Å². The summed E-state index contributed by atoms with van der Waals surface area (Å²) >= 11 is 0. The van der Waals surface area contributed by atoms with Crippen molar-refractivity contribution in [1.29, 1.82) is 0 Å². The molecule has 0 saturated heterocycles. The van der Waals surface area contributed by atoms with Crippen molar-refractivity contribution in [2.75, 3.05) is 14.1 Å². The lowest BCUT2D eigenvalue weighted by atomic mass is 10.2. The summed E-state index contributed by atoms with van der Waals surface area (Å²) in [6, 6.07) is 9.71. The van der Waals surface area contributed by atoms with E-state index in [9.17, 15) is 4.79 Å². The smallest absolute Gasteiger partial charge is 0.205 e. The average molecular weight is 241 g/mol. The summed E-state index contributed by atoms with van der Waals surface area (Å²) < 4.78 is 0. The molecule has 2 aromatic rings. The van der Waals surface area contributed by atoms with Gasteiger partial charge in [-0.25, -0.2) is 4.98 Å².